The average Bonchev–Trinajstić information content (AvgIpc) is 3.34. The topological polar surface area (TPSA) is 107 Å². The lowest BCUT2D eigenvalue weighted by Crippen LogP contribution is -2.14. The number of anilines is 2. The van der Waals surface area contributed by atoms with Crippen LogP contribution in [0.4, 0.5) is 11.4 Å². The van der Waals surface area contributed by atoms with E-state index in [0.717, 1.165) is 16.2 Å². The predicted octanol–water partition coefficient (Wildman–Crippen LogP) is 5.66. The molecule has 1 heterocycles. The van der Waals surface area contributed by atoms with Crippen molar-refractivity contribution in [1.82, 2.24) is 0 Å². The van der Waals surface area contributed by atoms with Crippen molar-refractivity contribution < 1.29 is 27.1 Å². The highest BCUT2D eigenvalue weighted by molar-refractivity contribution is 7.92. The Labute approximate surface area is 207 Å². The third-order valence-corrected chi connectivity index (χ3v) is 7.11. The molecule has 0 aliphatic heterocycles. The number of hydrogen-bond donors (Lipinski definition) is 2. The maximum absolute atomic E-state index is 12.9. The molecule has 0 bridgehead atoms. The van der Waals surface area contributed by atoms with Gasteiger partial charge in [-0.2, -0.15) is 0 Å². The molecule has 0 aliphatic rings. The summed E-state index contributed by atoms with van der Waals surface area (Å²) in [5, 5.41) is 5.64. The summed E-state index contributed by atoms with van der Waals surface area (Å²) in [7, 11) is -0.955. The molecule has 5 aromatic rings. The largest absolute Gasteiger partial charge is 0.497 e. The second-order valence-electron chi connectivity index (χ2n) is 7.96. The first-order valence-corrected chi connectivity index (χ1v) is 12.4. The van der Waals surface area contributed by atoms with E-state index in [9.17, 15) is 13.2 Å². The van der Waals surface area contributed by atoms with Crippen molar-refractivity contribution in [3.8, 4) is 11.5 Å². The fraction of sp³-hybridized carbons (Fsp3) is 0.0741. The molecule has 182 valence electrons. The molecule has 1 amide bonds. The van der Waals surface area contributed by atoms with Crippen LogP contribution in [0.3, 0.4) is 0 Å². The monoisotopic (exact) mass is 502 g/mol. The van der Waals surface area contributed by atoms with Crippen LogP contribution in [0.5, 0.6) is 11.5 Å². The van der Waals surface area contributed by atoms with E-state index in [2.05, 4.69) is 10.0 Å². The lowest BCUT2D eigenvalue weighted by molar-refractivity contribution is 0.0998. The minimum atomic E-state index is -3.90. The van der Waals surface area contributed by atoms with Crippen molar-refractivity contribution >= 4 is 49.0 Å². The molecule has 0 radical (unpaired) electrons. The van der Waals surface area contributed by atoms with Gasteiger partial charge in [-0.1, -0.05) is 30.3 Å². The van der Waals surface area contributed by atoms with Gasteiger partial charge in [0.05, 0.1) is 24.8 Å². The van der Waals surface area contributed by atoms with E-state index in [-0.39, 0.29) is 16.3 Å². The zero-order valence-corrected chi connectivity index (χ0v) is 20.3. The van der Waals surface area contributed by atoms with Crippen molar-refractivity contribution in [1.29, 1.82) is 0 Å². The van der Waals surface area contributed by atoms with Gasteiger partial charge < -0.3 is 19.2 Å². The van der Waals surface area contributed by atoms with Gasteiger partial charge in [0, 0.05) is 17.1 Å². The molecule has 0 saturated heterocycles. The third kappa shape index (κ3) is 4.44. The Morgan fingerprint density at radius 2 is 1.61 bits per heavy atom. The van der Waals surface area contributed by atoms with Crippen LogP contribution in [-0.2, 0) is 10.0 Å². The van der Waals surface area contributed by atoms with E-state index < -0.39 is 15.9 Å². The van der Waals surface area contributed by atoms with Gasteiger partial charge in [0.1, 0.15) is 17.1 Å². The first-order valence-electron chi connectivity index (χ1n) is 11.0. The van der Waals surface area contributed by atoms with Gasteiger partial charge in [0.25, 0.3) is 15.9 Å². The maximum Gasteiger partial charge on any atom is 0.291 e. The molecule has 0 aliphatic carbocycles. The van der Waals surface area contributed by atoms with Gasteiger partial charge in [-0.05, 0) is 59.3 Å². The molecule has 0 saturated carbocycles. The van der Waals surface area contributed by atoms with Crippen molar-refractivity contribution in [2.75, 3.05) is 24.3 Å². The van der Waals surface area contributed by atoms with Crippen LogP contribution in [0.15, 0.2) is 94.2 Å². The number of rotatable bonds is 7. The highest BCUT2D eigenvalue weighted by Gasteiger charge is 2.18. The minimum Gasteiger partial charge on any atom is -0.497 e. The normalized spacial score (nSPS) is 11.4. The zero-order chi connectivity index (χ0) is 25.3. The van der Waals surface area contributed by atoms with Gasteiger partial charge in [-0.15, -0.1) is 0 Å². The first kappa shape index (κ1) is 23.3. The molecule has 8 nitrogen and oxygen atoms in total. The Kier molecular flexibility index (Phi) is 5.99. The number of methoxy groups -OCH3 is 2. The highest BCUT2D eigenvalue weighted by atomic mass is 32.2. The Morgan fingerprint density at radius 1 is 0.833 bits per heavy atom. The molecule has 5 rings (SSSR count). The van der Waals surface area contributed by atoms with E-state index in [1.807, 2.05) is 36.4 Å². The standard InChI is InChI=1S/C27H22N2O6S/c1-33-19-10-13-23(25(15-19)34-2)29-36(31,32)20-11-8-18(9-12-20)28-27(30)26-16-22-21-6-4-3-5-17(21)7-14-24(22)35-26/h3-16,29H,1-2H3,(H,28,30). The van der Waals surface area contributed by atoms with Crippen LogP contribution >= 0.6 is 0 Å². The SMILES string of the molecule is COc1ccc(NS(=O)(=O)c2ccc(NC(=O)c3cc4c(ccc5ccccc54)o3)cc2)c(OC)c1. The number of fused-ring (bicyclic) bond motifs is 3. The van der Waals surface area contributed by atoms with E-state index in [1.165, 1.54) is 38.5 Å². The van der Waals surface area contributed by atoms with Gasteiger partial charge in [-0.25, -0.2) is 8.42 Å². The quantitative estimate of drug-likeness (QED) is 0.298. The fourth-order valence-corrected chi connectivity index (χ4v) is 4.97. The fourth-order valence-electron chi connectivity index (χ4n) is 3.90. The van der Waals surface area contributed by atoms with Gasteiger partial charge in [0.15, 0.2) is 5.76 Å². The summed E-state index contributed by atoms with van der Waals surface area (Å²) in [6.07, 6.45) is 0. The maximum atomic E-state index is 12.9. The minimum absolute atomic E-state index is 0.0218. The number of sulfonamides is 1. The zero-order valence-electron chi connectivity index (χ0n) is 19.4. The summed E-state index contributed by atoms with van der Waals surface area (Å²) in [4.78, 5) is 12.8. The molecular weight excluding hydrogens is 480 g/mol. The predicted molar refractivity (Wildman–Crippen MR) is 138 cm³/mol. The summed E-state index contributed by atoms with van der Waals surface area (Å²) >= 11 is 0. The van der Waals surface area contributed by atoms with E-state index >= 15 is 0 Å². The summed E-state index contributed by atoms with van der Waals surface area (Å²) in [5.41, 5.74) is 1.31. The van der Waals surface area contributed by atoms with Crippen molar-refractivity contribution in [2.24, 2.45) is 0 Å². The number of furan rings is 1. The second-order valence-corrected chi connectivity index (χ2v) is 9.64. The molecule has 1 aromatic heterocycles. The van der Waals surface area contributed by atoms with E-state index in [4.69, 9.17) is 13.9 Å². The Balaban J connectivity index is 1.33. The van der Waals surface area contributed by atoms with Crippen LogP contribution in [0.2, 0.25) is 0 Å². The number of carbonyl (C=O) groups excluding carboxylic acids is 1. The molecular formula is C27H22N2O6S. The van der Waals surface area contributed by atoms with Crippen molar-refractivity contribution in [3.63, 3.8) is 0 Å². The van der Waals surface area contributed by atoms with Crippen molar-refractivity contribution in [2.45, 2.75) is 4.90 Å². The molecule has 0 spiro atoms. The second kappa shape index (κ2) is 9.27. The number of ether oxygens (including phenoxy) is 2. The molecule has 9 heteroatoms. The van der Waals surface area contributed by atoms with Gasteiger partial charge >= 0.3 is 0 Å². The number of amides is 1. The van der Waals surface area contributed by atoms with Crippen LogP contribution < -0.4 is 19.5 Å². The number of hydrogen-bond acceptors (Lipinski definition) is 6. The molecule has 36 heavy (non-hydrogen) atoms. The summed E-state index contributed by atoms with van der Waals surface area (Å²) < 4.78 is 44.4. The lowest BCUT2D eigenvalue weighted by atomic mass is 10.1. The average molecular weight is 503 g/mol. The van der Waals surface area contributed by atoms with Crippen LogP contribution in [0.25, 0.3) is 21.7 Å². The van der Waals surface area contributed by atoms with Crippen LogP contribution in [-0.4, -0.2) is 28.5 Å². The lowest BCUT2D eigenvalue weighted by Gasteiger charge is -2.13. The molecule has 0 unspecified atom stereocenters. The van der Waals surface area contributed by atoms with Crippen molar-refractivity contribution in [3.05, 3.63) is 90.7 Å². The Morgan fingerprint density at radius 3 is 2.36 bits per heavy atom. The number of carbonyl (C=O) groups is 1. The third-order valence-electron chi connectivity index (χ3n) is 5.73. The van der Waals surface area contributed by atoms with E-state index in [1.54, 1.807) is 24.3 Å². The molecule has 4 aromatic carbocycles. The molecule has 2 N–H and O–H groups in total. The molecule has 0 fully saturated rings. The highest BCUT2D eigenvalue weighted by Crippen LogP contribution is 2.31. The van der Waals surface area contributed by atoms with Crippen LogP contribution in [0.1, 0.15) is 10.6 Å². The van der Waals surface area contributed by atoms with E-state index in [0.29, 0.717) is 22.8 Å². The summed E-state index contributed by atoms with van der Waals surface area (Å²) in [5.74, 6) is 0.575. The molecule has 0 atom stereocenters. The number of benzene rings is 4. The van der Waals surface area contributed by atoms with Crippen LogP contribution in [0, 0.1) is 0 Å². The smallest absolute Gasteiger partial charge is 0.291 e. The van der Waals surface area contributed by atoms with Gasteiger partial charge in [0.2, 0.25) is 0 Å². The first-order chi connectivity index (χ1) is 17.4. The number of nitrogens with one attached hydrogen (secondary N) is 2. The Hall–Kier alpha value is -4.50. The Bertz CT molecular complexity index is 1690. The van der Waals surface area contributed by atoms with Gasteiger partial charge in [-0.3, -0.25) is 9.52 Å². The summed E-state index contributed by atoms with van der Waals surface area (Å²) in [6, 6.07) is 23.9. The summed E-state index contributed by atoms with van der Waals surface area (Å²) in [6.45, 7) is 0.